The molecule has 0 saturated carbocycles. The van der Waals surface area contributed by atoms with Crippen molar-refractivity contribution in [3.63, 3.8) is 0 Å². The van der Waals surface area contributed by atoms with Gasteiger partial charge in [0.15, 0.2) is 0 Å². The maximum absolute atomic E-state index is 8.55. The molecule has 0 heterocycles. The van der Waals surface area contributed by atoms with E-state index in [2.05, 4.69) is 63.4 Å². The van der Waals surface area contributed by atoms with E-state index in [4.69, 9.17) is 53.8 Å². The topological polar surface area (TPSA) is 233 Å². The molecule has 0 atom stereocenters. The van der Waals surface area contributed by atoms with E-state index in [0.29, 0.717) is 0 Å². The Balaban J connectivity index is -0.0000000408. The number of quaternary nitrogens is 3. The maximum Gasteiger partial charge on any atom is 1.00 e. The fourth-order valence-electron chi connectivity index (χ4n) is 0.900. The summed E-state index contributed by atoms with van der Waals surface area (Å²) in [5.41, 5.74) is 0. The molecule has 0 aliphatic heterocycles. The molecule has 0 aromatic carbocycles. The van der Waals surface area contributed by atoms with E-state index >= 15 is 0 Å². The van der Waals surface area contributed by atoms with Crippen LogP contribution in [-0.4, -0.2) is 132 Å². The molecule has 0 radical (unpaired) electrons. The molecule has 0 spiro atoms. The Morgan fingerprint density at radius 2 is 0.559 bits per heavy atom. The molecule has 0 aliphatic carbocycles. The van der Waals surface area contributed by atoms with Crippen molar-refractivity contribution < 1.29 is 221 Å². The van der Waals surface area contributed by atoms with Crippen molar-refractivity contribution in [1.82, 2.24) is 0 Å². The summed E-state index contributed by atoms with van der Waals surface area (Å²) in [5.74, 6) is 0. The number of likely N-dealkylation sites (N-methyl/N-ethyl adjacent to an activating group) is 3. The van der Waals surface area contributed by atoms with Gasteiger partial charge in [0.2, 0.25) is 0 Å². The van der Waals surface area contributed by atoms with Crippen molar-refractivity contribution in [3.8, 4) is 0 Å². The number of hydrogen-bond acceptors (Lipinski definition) is 11. The average molecular weight is 620 g/mol. The quantitative estimate of drug-likeness (QED) is 0.143. The summed E-state index contributed by atoms with van der Waals surface area (Å²) in [4.78, 5) is 51.3. The number of aliphatic hydroxyl groups excluding tert-OH is 3. The Morgan fingerprint density at radius 1 is 0.471 bits per heavy atom. The summed E-state index contributed by atoms with van der Waals surface area (Å²) < 4.78 is 19.6. The van der Waals surface area contributed by atoms with E-state index < -0.39 is 15.6 Å². The van der Waals surface area contributed by atoms with Crippen LogP contribution in [0.5, 0.6) is 0 Å². The third kappa shape index (κ3) is 167. The van der Waals surface area contributed by atoms with Gasteiger partial charge in [0.1, 0.15) is 19.6 Å². The van der Waals surface area contributed by atoms with Crippen molar-refractivity contribution >= 4 is 15.6 Å². The minimum atomic E-state index is -5.39. The fourth-order valence-corrected chi connectivity index (χ4v) is 0.900. The molecule has 0 aromatic heterocycles. The Labute approximate surface area is 333 Å². The summed E-state index contributed by atoms with van der Waals surface area (Å²) >= 11 is 0. The molecule has 0 rings (SSSR count). The SMILES string of the molecule is C[N+](C)(C)CCO.C[N+](C)(C)CCO.C[N+](C)(C)CCO.O=P([O-])([O-])[O-].O=P([O-])([O-])[O-].[K+].[K+].[K+]. The molecule has 0 unspecified atom stereocenters. The summed E-state index contributed by atoms with van der Waals surface area (Å²) in [6.07, 6.45) is 0. The van der Waals surface area contributed by atoms with Crippen LogP contribution >= 0.6 is 15.6 Å². The molecule has 19 heteroatoms. The van der Waals surface area contributed by atoms with Crippen LogP contribution in [0.4, 0.5) is 0 Å². The Kier molecular flexibility index (Phi) is 53.1. The summed E-state index contributed by atoms with van der Waals surface area (Å²) in [7, 11) is 7.69. The van der Waals surface area contributed by atoms with Gasteiger partial charge in [-0.3, -0.25) is 0 Å². The van der Waals surface area contributed by atoms with Crippen LogP contribution in [-0.2, 0) is 9.13 Å². The first-order valence-electron chi connectivity index (χ1n) is 8.88. The Bertz CT molecular complexity index is 418. The van der Waals surface area contributed by atoms with Gasteiger partial charge in [-0.1, -0.05) is 0 Å². The van der Waals surface area contributed by atoms with Crippen molar-refractivity contribution in [2.45, 2.75) is 0 Å². The first kappa shape index (κ1) is 58.5. The average Bonchev–Trinajstić information content (AvgIpc) is 2.30. The van der Waals surface area contributed by atoms with E-state index in [1.165, 1.54) is 0 Å². The molecule has 0 bridgehead atoms. The Morgan fingerprint density at radius 3 is 0.559 bits per heavy atom. The largest absolute Gasteiger partial charge is 1.00 e. The molecular weight excluding hydrogens is 577 g/mol. The second kappa shape index (κ2) is 30.8. The van der Waals surface area contributed by atoms with Gasteiger partial charge in [-0.15, -0.1) is 0 Å². The van der Waals surface area contributed by atoms with E-state index in [-0.39, 0.29) is 174 Å². The van der Waals surface area contributed by atoms with E-state index in [0.717, 1.165) is 33.1 Å². The molecule has 34 heavy (non-hydrogen) atoms. The normalized spacial score (nSPS) is 10.9. The molecule has 14 nitrogen and oxygen atoms in total. The molecule has 0 amide bonds. The first-order valence-corrected chi connectivity index (χ1v) is 11.8. The van der Waals surface area contributed by atoms with Gasteiger partial charge in [-0.05, 0) is 0 Å². The smallest absolute Gasteiger partial charge is 0.822 e. The van der Waals surface area contributed by atoms with Crippen molar-refractivity contribution in [1.29, 1.82) is 0 Å². The number of phosphoric acid groups is 2. The monoisotopic (exact) mass is 619 g/mol. The van der Waals surface area contributed by atoms with Crippen LogP contribution in [0.15, 0.2) is 0 Å². The van der Waals surface area contributed by atoms with Gasteiger partial charge in [-0.2, -0.15) is 15.6 Å². The minimum Gasteiger partial charge on any atom is -0.822 e. The van der Waals surface area contributed by atoms with E-state index in [1.807, 2.05) is 0 Å². The molecule has 3 N–H and O–H groups in total. The molecule has 196 valence electrons. The molecule has 0 saturated heterocycles. The van der Waals surface area contributed by atoms with E-state index in [1.54, 1.807) is 0 Å². The Hall–Kier alpha value is 4.89. The van der Waals surface area contributed by atoms with Gasteiger partial charge in [0, 0.05) is 0 Å². The van der Waals surface area contributed by atoms with Crippen LogP contribution in [0, 0.1) is 0 Å². The number of nitrogens with zero attached hydrogens (tertiary/aromatic N) is 3. The van der Waals surface area contributed by atoms with E-state index in [9.17, 15) is 0 Å². The van der Waals surface area contributed by atoms with Gasteiger partial charge < -0.3 is 67.3 Å². The molecule has 0 aliphatic rings. The third-order valence-corrected chi connectivity index (χ3v) is 2.31. The van der Waals surface area contributed by atoms with Gasteiger partial charge in [-0.25, -0.2) is 0 Å². The van der Waals surface area contributed by atoms with Crippen molar-refractivity contribution in [2.24, 2.45) is 0 Å². The zero-order valence-electron chi connectivity index (χ0n) is 23.1. The van der Waals surface area contributed by atoms with Gasteiger partial charge in [0.05, 0.1) is 83.2 Å². The third-order valence-electron chi connectivity index (χ3n) is 2.31. The molecule has 0 fully saturated rings. The second-order valence-electron chi connectivity index (χ2n) is 9.11. The fraction of sp³-hybridized carbons (Fsp3) is 1.00. The molecular formula is C15H42K3N3O11P2. The number of hydrogen-bond donors (Lipinski definition) is 3. The zero-order chi connectivity index (χ0) is 26.7. The summed E-state index contributed by atoms with van der Waals surface area (Å²) in [6.45, 7) is 3.34. The van der Waals surface area contributed by atoms with Crippen LogP contribution in [0.25, 0.3) is 0 Å². The van der Waals surface area contributed by atoms with Gasteiger partial charge in [0.25, 0.3) is 0 Å². The standard InChI is InChI=1S/3C5H14NO.3K.2H3O4P/c3*1-6(2,3)4-5-7;;;;2*1-5(2,3)4/h3*7H,4-5H2,1-3H3;;;;2*(H3,1,2,3,4)/q6*+1;;/p-6. The summed E-state index contributed by atoms with van der Waals surface area (Å²) in [5, 5.41) is 25.2. The zero-order valence-corrected chi connectivity index (χ0v) is 34.2. The predicted octanol–water partition coefficient (Wildman–Crippen LogP) is -15.6. The maximum atomic E-state index is 8.55. The first-order chi connectivity index (χ1) is 13.2. The van der Waals surface area contributed by atoms with Crippen molar-refractivity contribution in [2.75, 3.05) is 103 Å². The van der Waals surface area contributed by atoms with Crippen molar-refractivity contribution in [3.05, 3.63) is 0 Å². The molecule has 0 aromatic rings. The minimum absolute atomic E-state index is 0. The van der Waals surface area contributed by atoms with Crippen LogP contribution in [0.2, 0.25) is 0 Å². The van der Waals surface area contributed by atoms with Gasteiger partial charge >= 0.3 is 154 Å². The number of aliphatic hydroxyl groups is 3. The summed E-state index contributed by atoms with van der Waals surface area (Å²) in [6, 6.07) is 0. The number of rotatable bonds is 6. The predicted molar refractivity (Wildman–Crippen MR) is 105 cm³/mol. The van der Waals surface area contributed by atoms with Crippen LogP contribution < -0.4 is 184 Å². The second-order valence-corrected chi connectivity index (χ2v) is 10.9. The van der Waals surface area contributed by atoms with Crippen LogP contribution in [0.1, 0.15) is 0 Å². The van der Waals surface area contributed by atoms with Crippen LogP contribution in [0.3, 0.4) is 0 Å².